The molecule has 0 bridgehead atoms. The van der Waals surface area contributed by atoms with E-state index in [-0.39, 0.29) is 29.9 Å². The minimum atomic E-state index is -0.154. The van der Waals surface area contributed by atoms with Crippen molar-refractivity contribution < 1.29 is 9.21 Å². The summed E-state index contributed by atoms with van der Waals surface area (Å²) in [6, 6.07) is 1.79. The van der Waals surface area contributed by atoms with Gasteiger partial charge in [0.25, 0.3) is 5.91 Å². The number of halogens is 1. The van der Waals surface area contributed by atoms with Crippen molar-refractivity contribution in [2.45, 2.75) is 27.2 Å². The lowest BCUT2D eigenvalue weighted by Crippen LogP contribution is -2.53. The number of carbonyl (C=O) groups is 1. The number of piperazine rings is 1. The smallest absolute Gasteiger partial charge is 0.287 e. The van der Waals surface area contributed by atoms with E-state index in [1.807, 2.05) is 14.0 Å². The lowest BCUT2D eigenvalue weighted by Gasteiger charge is -2.37. The second-order valence-corrected chi connectivity index (χ2v) is 7.20. The van der Waals surface area contributed by atoms with Crippen LogP contribution in [0.3, 0.4) is 0 Å². The van der Waals surface area contributed by atoms with Gasteiger partial charge in [-0.1, -0.05) is 13.8 Å². The van der Waals surface area contributed by atoms with Gasteiger partial charge in [0.05, 0.1) is 6.26 Å². The van der Waals surface area contributed by atoms with E-state index in [1.165, 1.54) is 6.26 Å². The van der Waals surface area contributed by atoms with Crippen LogP contribution in [0.5, 0.6) is 0 Å². The average Bonchev–Trinajstić information content (AvgIpc) is 3.04. The van der Waals surface area contributed by atoms with Crippen LogP contribution in [0.15, 0.2) is 21.7 Å². The Labute approximate surface area is 180 Å². The molecule has 154 valence electrons. The molecule has 1 aliphatic rings. The maximum atomic E-state index is 12.0. The van der Waals surface area contributed by atoms with Crippen LogP contribution in [0.4, 0.5) is 0 Å². The van der Waals surface area contributed by atoms with Gasteiger partial charge in [-0.25, -0.2) is 0 Å². The molecule has 0 spiro atoms. The molecule has 1 saturated heterocycles. The molecule has 1 fully saturated rings. The van der Waals surface area contributed by atoms with Gasteiger partial charge >= 0.3 is 0 Å². The molecular formula is C19H34IN5O2. The summed E-state index contributed by atoms with van der Waals surface area (Å²) >= 11 is 0. The largest absolute Gasteiger partial charge is 0.459 e. The number of aliphatic imine (C=N–C) groups is 1. The van der Waals surface area contributed by atoms with Gasteiger partial charge in [0.2, 0.25) is 0 Å². The summed E-state index contributed by atoms with van der Waals surface area (Å²) in [6.07, 6.45) is 2.37. The third kappa shape index (κ3) is 7.69. The lowest BCUT2D eigenvalue weighted by atomic mass is 10.2. The fourth-order valence-corrected chi connectivity index (χ4v) is 3.17. The first-order valence-electron chi connectivity index (χ1n) is 9.51. The molecule has 2 N–H and O–H groups in total. The second kappa shape index (κ2) is 12.2. The zero-order valence-electron chi connectivity index (χ0n) is 17.0. The predicted octanol–water partition coefficient (Wildman–Crippen LogP) is 2.17. The van der Waals surface area contributed by atoms with Gasteiger partial charge < -0.3 is 20.0 Å². The highest BCUT2D eigenvalue weighted by molar-refractivity contribution is 14.0. The van der Waals surface area contributed by atoms with Crippen molar-refractivity contribution in [1.29, 1.82) is 0 Å². The number of nitrogens with zero attached hydrogens (tertiary/aromatic N) is 3. The zero-order valence-corrected chi connectivity index (χ0v) is 19.3. The average molecular weight is 491 g/mol. The van der Waals surface area contributed by atoms with E-state index in [9.17, 15) is 4.79 Å². The minimum absolute atomic E-state index is 0. The monoisotopic (exact) mass is 491 g/mol. The molecule has 0 saturated carbocycles. The molecule has 27 heavy (non-hydrogen) atoms. The Kier molecular flexibility index (Phi) is 10.8. The summed E-state index contributed by atoms with van der Waals surface area (Å²) in [4.78, 5) is 21.2. The summed E-state index contributed by atoms with van der Waals surface area (Å²) in [5.41, 5.74) is 0.859. The van der Waals surface area contributed by atoms with Crippen molar-refractivity contribution in [2.24, 2.45) is 10.9 Å². The lowest BCUT2D eigenvalue weighted by molar-refractivity contribution is 0.0925. The molecule has 8 heteroatoms. The minimum Gasteiger partial charge on any atom is -0.459 e. The molecule has 0 unspecified atom stereocenters. The van der Waals surface area contributed by atoms with Gasteiger partial charge in [-0.3, -0.25) is 14.7 Å². The van der Waals surface area contributed by atoms with Crippen LogP contribution in [-0.4, -0.2) is 74.5 Å². The molecular weight excluding hydrogens is 457 g/mol. The van der Waals surface area contributed by atoms with Crippen LogP contribution in [0, 0.1) is 12.8 Å². The molecule has 0 aliphatic carbocycles. The van der Waals surface area contributed by atoms with Gasteiger partial charge in [-0.05, 0) is 25.3 Å². The van der Waals surface area contributed by atoms with Crippen molar-refractivity contribution in [2.75, 3.05) is 52.9 Å². The highest BCUT2D eigenvalue weighted by atomic mass is 127. The number of nitrogens with one attached hydrogen (secondary N) is 2. The number of carbonyl (C=O) groups excluding carboxylic acids is 1. The molecule has 1 aromatic rings. The Morgan fingerprint density at radius 1 is 1.22 bits per heavy atom. The summed E-state index contributed by atoms with van der Waals surface area (Å²) in [7, 11) is 1.82. The number of furan rings is 1. The Morgan fingerprint density at radius 2 is 1.89 bits per heavy atom. The Morgan fingerprint density at radius 3 is 2.44 bits per heavy atom. The molecule has 2 rings (SSSR count). The highest BCUT2D eigenvalue weighted by Crippen LogP contribution is 2.08. The maximum absolute atomic E-state index is 12.0. The van der Waals surface area contributed by atoms with Crippen molar-refractivity contribution in [3.8, 4) is 0 Å². The van der Waals surface area contributed by atoms with Crippen LogP contribution < -0.4 is 10.6 Å². The molecule has 1 aliphatic heterocycles. The van der Waals surface area contributed by atoms with Gasteiger partial charge in [0.1, 0.15) is 0 Å². The number of rotatable bonds is 7. The molecule has 1 amide bonds. The van der Waals surface area contributed by atoms with E-state index in [0.29, 0.717) is 18.2 Å². The number of hydrogen-bond donors (Lipinski definition) is 2. The van der Waals surface area contributed by atoms with E-state index in [2.05, 4.69) is 39.3 Å². The standard InChI is InChI=1S/C19H33N5O2.HI/c1-15(2)14-23-9-11-24(12-10-23)19(20-4)22-8-5-7-21-18(25)17-16(3)6-13-26-17;/h6,13,15H,5,7-12,14H2,1-4H3,(H,20,22)(H,21,25);1H. The highest BCUT2D eigenvalue weighted by Gasteiger charge is 2.19. The van der Waals surface area contributed by atoms with Crippen LogP contribution in [0.1, 0.15) is 36.4 Å². The summed E-state index contributed by atoms with van der Waals surface area (Å²) in [5, 5.41) is 6.29. The first kappa shape index (κ1) is 23.7. The van der Waals surface area contributed by atoms with Crippen molar-refractivity contribution in [1.82, 2.24) is 20.4 Å². The maximum Gasteiger partial charge on any atom is 0.287 e. The third-order valence-electron chi connectivity index (χ3n) is 4.50. The van der Waals surface area contributed by atoms with E-state index in [0.717, 1.165) is 57.2 Å². The zero-order chi connectivity index (χ0) is 18.9. The molecule has 2 heterocycles. The normalized spacial score (nSPS) is 15.6. The van der Waals surface area contributed by atoms with E-state index in [4.69, 9.17) is 4.42 Å². The summed E-state index contributed by atoms with van der Waals surface area (Å²) < 4.78 is 5.19. The molecule has 0 atom stereocenters. The topological polar surface area (TPSA) is 73.1 Å². The van der Waals surface area contributed by atoms with Crippen LogP contribution in [-0.2, 0) is 0 Å². The number of guanidine groups is 1. The molecule has 1 aromatic heterocycles. The SMILES string of the molecule is CN=C(NCCCNC(=O)c1occc1C)N1CCN(CC(C)C)CC1.I. The van der Waals surface area contributed by atoms with Gasteiger partial charge in [-0.2, -0.15) is 0 Å². The Balaban J connectivity index is 0.00000364. The molecule has 0 radical (unpaired) electrons. The summed E-state index contributed by atoms with van der Waals surface area (Å²) in [5.74, 6) is 1.90. The van der Waals surface area contributed by atoms with E-state index in [1.54, 1.807) is 6.07 Å². The predicted molar refractivity (Wildman–Crippen MR) is 120 cm³/mol. The molecule has 0 aromatic carbocycles. The van der Waals surface area contributed by atoms with Gasteiger partial charge in [0, 0.05) is 58.4 Å². The van der Waals surface area contributed by atoms with Crippen LogP contribution >= 0.6 is 24.0 Å². The Bertz CT molecular complexity index is 595. The van der Waals surface area contributed by atoms with Crippen molar-refractivity contribution in [3.05, 3.63) is 23.7 Å². The number of hydrogen-bond acceptors (Lipinski definition) is 4. The van der Waals surface area contributed by atoms with Crippen LogP contribution in [0.2, 0.25) is 0 Å². The first-order valence-corrected chi connectivity index (χ1v) is 9.51. The number of amides is 1. The van der Waals surface area contributed by atoms with Gasteiger partial charge in [0.15, 0.2) is 11.7 Å². The Hall–Kier alpha value is -1.29. The fraction of sp³-hybridized carbons (Fsp3) is 0.684. The van der Waals surface area contributed by atoms with E-state index >= 15 is 0 Å². The summed E-state index contributed by atoms with van der Waals surface area (Å²) in [6.45, 7) is 13.1. The second-order valence-electron chi connectivity index (χ2n) is 7.20. The molecule has 7 nitrogen and oxygen atoms in total. The fourth-order valence-electron chi connectivity index (χ4n) is 3.17. The van der Waals surface area contributed by atoms with Crippen molar-refractivity contribution >= 4 is 35.8 Å². The number of aryl methyl sites for hydroxylation is 1. The van der Waals surface area contributed by atoms with Crippen molar-refractivity contribution in [3.63, 3.8) is 0 Å². The first-order chi connectivity index (χ1) is 12.5. The van der Waals surface area contributed by atoms with Gasteiger partial charge in [-0.15, -0.1) is 24.0 Å². The van der Waals surface area contributed by atoms with Crippen LogP contribution in [0.25, 0.3) is 0 Å². The quantitative estimate of drug-likeness (QED) is 0.265. The third-order valence-corrected chi connectivity index (χ3v) is 4.50. The van der Waals surface area contributed by atoms with E-state index < -0.39 is 0 Å².